The van der Waals surface area contributed by atoms with Crippen molar-refractivity contribution in [1.29, 1.82) is 0 Å². The van der Waals surface area contributed by atoms with Crippen molar-refractivity contribution in [1.82, 2.24) is 0 Å². The van der Waals surface area contributed by atoms with Crippen LogP contribution in [0, 0.1) is 10.1 Å². The van der Waals surface area contributed by atoms with Crippen molar-refractivity contribution in [3.8, 4) is 0 Å². The number of nitrogens with one attached hydrogen (secondary N) is 1. The molecule has 0 aliphatic carbocycles. The fourth-order valence-electron chi connectivity index (χ4n) is 1.41. The number of nitro benzene ring substituents is 1. The Labute approximate surface area is 108 Å². The van der Waals surface area contributed by atoms with Gasteiger partial charge in [-0.15, -0.1) is 11.3 Å². The van der Waals surface area contributed by atoms with Gasteiger partial charge in [-0.1, -0.05) is 18.2 Å². The highest BCUT2D eigenvalue weighted by Gasteiger charge is 2.11. The minimum absolute atomic E-state index is 0.0141. The van der Waals surface area contributed by atoms with E-state index in [4.69, 9.17) is 0 Å². The molecule has 0 aliphatic rings. The number of nitrogens with zero attached hydrogens (tertiary/aromatic N) is 2. The van der Waals surface area contributed by atoms with E-state index in [1.165, 1.54) is 6.07 Å². The van der Waals surface area contributed by atoms with Crippen LogP contribution in [-0.2, 0) is 0 Å². The van der Waals surface area contributed by atoms with Gasteiger partial charge in [0.05, 0.1) is 10.6 Å². The quantitative estimate of drug-likeness (QED) is 0.520. The van der Waals surface area contributed by atoms with Gasteiger partial charge in [0.2, 0.25) is 0 Å². The third kappa shape index (κ3) is 2.72. The van der Waals surface area contributed by atoms with E-state index in [0.717, 1.165) is 10.6 Å². The molecule has 0 spiro atoms. The van der Waals surface area contributed by atoms with Crippen molar-refractivity contribution in [2.45, 2.75) is 6.92 Å². The van der Waals surface area contributed by atoms with Crippen molar-refractivity contribution in [2.75, 3.05) is 5.43 Å². The van der Waals surface area contributed by atoms with E-state index in [-0.39, 0.29) is 5.69 Å². The van der Waals surface area contributed by atoms with Crippen molar-refractivity contribution in [3.05, 3.63) is 56.8 Å². The van der Waals surface area contributed by atoms with Gasteiger partial charge in [-0.25, -0.2) is 0 Å². The van der Waals surface area contributed by atoms with E-state index in [0.29, 0.717) is 5.69 Å². The van der Waals surface area contributed by atoms with E-state index in [2.05, 4.69) is 10.5 Å². The van der Waals surface area contributed by atoms with Gasteiger partial charge in [-0.05, 0) is 24.4 Å². The molecule has 0 amide bonds. The van der Waals surface area contributed by atoms with Crippen molar-refractivity contribution >= 4 is 28.4 Å². The number of thiophene rings is 1. The molecule has 1 heterocycles. The van der Waals surface area contributed by atoms with Crippen molar-refractivity contribution in [3.63, 3.8) is 0 Å². The molecule has 5 nitrogen and oxygen atoms in total. The molecule has 0 bridgehead atoms. The SMILES string of the molecule is C/C(=N\Nc1ccccc1[N+](=O)[O-])c1cccs1. The molecule has 92 valence electrons. The summed E-state index contributed by atoms with van der Waals surface area (Å²) in [4.78, 5) is 11.4. The molecule has 0 saturated carbocycles. The van der Waals surface area contributed by atoms with Gasteiger partial charge in [0.1, 0.15) is 5.69 Å². The standard InChI is InChI=1S/C12H11N3O2S/c1-9(12-7-4-8-18-12)13-14-10-5-2-3-6-11(10)15(16)17/h2-8,14H,1H3/b13-9+. The highest BCUT2D eigenvalue weighted by Crippen LogP contribution is 2.23. The van der Waals surface area contributed by atoms with Gasteiger partial charge in [0.15, 0.2) is 0 Å². The number of nitro groups is 1. The fourth-order valence-corrected chi connectivity index (χ4v) is 2.09. The second kappa shape index (κ2) is 5.42. The maximum Gasteiger partial charge on any atom is 0.294 e. The molecule has 0 fully saturated rings. The van der Waals surface area contributed by atoms with E-state index < -0.39 is 4.92 Å². The largest absolute Gasteiger partial charge is 0.294 e. The van der Waals surface area contributed by atoms with Gasteiger partial charge in [0, 0.05) is 10.9 Å². The zero-order valence-electron chi connectivity index (χ0n) is 9.66. The van der Waals surface area contributed by atoms with Crippen LogP contribution < -0.4 is 5.43 Å². The molecule has 0 unspecified atom stereocenters. The van der Waals surface area contributed by atoms with E-state index in [1.807, 2.05) is 24.4 Å². The van der Waals surface area contributed by atoms with Crippen LogP contribution in [0.4, 0.5) is 11.4 Å². The summed E-state index contributed by atoms with van der Waals surface area (Å²) >= 11 is 1.57. The Hall–Kier alpha value is -2.21. The molecular weight excluding hydrogens is 250 g/mol. The highest BCUT2D eigenvalue weighted by atomic mass is 32.1. The smallest absolute Gasteiger partial charge is 0.271 e. The average molecular weight is 261 g/mol. The Morgan fingerprint density at radius 3 is 2.78 bits per heavy atom. The Kier molecular flexibility index (Phi) is 3.69. The Morgan fingerprint density at radius 2 is 2.11 bits per heavy atom. The molecule has 6 heteroatoms. The van der Waals surface area contributed by atoms with Gasteiger partial charge in [0.25, 0.3) is 5.69 Å². The minimum Gasteiger partial charge on any atom is -0.271 e. The predicted molar refractivity (Wildman–Crippen MR) is 73.2 cm³/mol. The Morgan fingerprint density at radius 1 is 1.33 bits per heavy atom. The lowest BCUT2D eigenvalue weighted by molar-refractivity contribution is -0.384. The normalized spacial score (nSPS) is 11.3. The molecule has 1 aromatic heterocycles. The summed E-state index contributed by atoms with van der Waals surface area (Å²) in [6.45, 7) is 1.85. The third-order valence-corrected chi connectivity index (χ3v) is 3.30. The number of rotatable bonds is 4. The number of anilines is 1. The number of hydrogen-bond donors (Lipinski definition) is 1. The van der Waals surface area contributed by atoms with Gasteiger partial charge in [-0.2, -0.15) is 5.10 Å². The lowest BCUT2D eigenvalue weighted by atomic mass is 10.3. The molecule has 0 saturated heterocycles. The first-order chi connectivity index (χ1) is 8.68. The van der Waals surface area contributed by atoms with E-state index >= 15 is 0 Å². The van der Waals surface area contributed by atoms with Crippen LogP contribution >= 0.6 is 11.3 Å². The van der Waals surface area contributed by atoms with Crippen molar-refractivity contribution in [2.24, 2.45) is 5.10 Å². The van der Waals surface area contributed by atoms with E-state index in [9.17, 15) is 10.1 Å². The number of hydrogen-bond acceptors (Lipinski definition) is 5. The van der Waals surface area contributed by atoms with Crippen LogP contribution in [-0.4, -0.2) is 10.6 Å². The summed E-state index contributed by atoms with van der Waals surface area (Å²) in [5.74, 6) is 0. The van der Waals surface area contributed by atoms with Crippen LogP contribution in [0.3, 0.4) is 0 Å². The maximum atomic E-state index is 10.8. The second-order valence-electron chi connectivity index (χ2n) is 3.56. The lowest BCUT2D eigenvalue weighted by Gasteiger charge is -2.02. The molecule has 2 rings (SSSR count). The first-order valence-corrected chi connectivity index (χ1v) is 6.14. The average Bonchev–Trinajstić information content (AvgIpc) is 2.90. The number of hydrazone groups is 1. The molecule has 2 aromatic rings. The van der Waals surface area contributed by atoms with Gasteiger partial charge >= 0.3 is 0 Å². The van der Waals surface area contributed by atoms with Gasteiger partial charge in [-0.3, -0.25) is 15.5 Å². The number of benzene rings is 1. The highest BCUT2D eigenvalue weighted by molar-refractivity contribution is 7.12. The van der Waals surface area contributed by atoms with Gasteiger partial charge < -0.3 is 0 Å². The lowest BCUT2D eigenvalue weighted by Crippen LogP contribution is -2.00. The van der Waals surface area contributed by atoms with Crippen LogP contribution in [0.2, 0.25) is 0 Å². The Balaban J connectivity index is 2.20. The predicted octanol–water partition coefficient (Wildman–Crippen LogP) is 3.49. The van der Waals surface area contributed by atoms with Crippen LogP contribution in [0.1, 0.15) is 11.8 Å². The summed E-state index contributed by atoms with van der Waals surface area (Å²) in [7, 11) is 0. The molecule has 0 aliphatic heterocycles. The molecule has 1 aromatic carbocycles. The first-order valence-electron chi connectivity index (χ1n) is 5.26. The van der Waals surface area contributed by atoms with Crippen LogP contribution in [0.15, 0.2) is 46.9 Å². The number of para-hydroxylation sites is 2. The zero-order chi connectivity index (χ0) is 13.0. The minimum atomic E-state index is -0.432. The van der Waals surface area contributed by atoms with Crippen molar-refractivity contribution < 1.29 is 4.92 Å². The maximum absolute atomic E-state index is 10.8. The summed E-state index contributed by atoms with van der Waals surface area (Å²) in [5.41, 5.74) is 3.93. The fraction of sp³-hybridized carbons (Fsp3) is 0.0833. The summed E-state index contributed by atoms with van der Waals surface area (Å²) in [5, 5.41) is 16.9. The zero-order valence-corrected chi connectivity index (χ0v) is 10.5. The monoisotopic (exact) mass is 261 g/mol. The first kappa shape index (κ1) is 12.3. The topological polar surface area (TPSA) is 67.5 Å². The molecule has 0 radical (unpaired) electrons. The van der Waals surface area contributed by atoms with E-state index in [1.54, 1.807) is 29.5 Å². The second-order valence-corrected chi connectivity index (χ2v) is 4.51. The summed E-state index contributed by atoms with van der Waals surface area (Å²) < 4.78 is 0. The van der Waals surface area contributed by atoms with Crippen LogP contribution in [0.5, 0.6) is 0 Å². The third-order valence-electron chi connectivity index (χ3n) is 2.32. The Bertz CT molecular complexity index is 579. The molecule has 18 heavy (non-hydrogen) atoms. The molecule has 1 N–H and O–H groups in total. The molecular formula is C12H11N3O2S. The molecule has 0 atom stereocenters. The summed E-state index contributed by atoms with van der Waals surface area (Å²) in [6, 6.07) is 10.3. The van der Waals surface area contributed by atoms with Crippen LogP contribution in [0.25, 0.3) is 0 Å². The summed E-state index contributed by atoms with van der Waals surface area (Å²) in [6.07, 6.45) is 0.